The minimum Gasteiger partial charge on any atom is -0.394 e. The first-order chi connectivity index (χ1) is 11.6. The average molecular weight is 328 g/mol. The second-order valence-electron chi connectivity index (χ2n) is 6.65. The molecule has 24 heavy (non-hydrogen) atoms. The van der Waals surface area contributed by atoms with Crippen LogP contribution in [0.25, 0.3) is 0 Å². The predicted molar refractivity (Wildman–Crippen MR) is 97.4 cm³/mol. The third-order valence-electron chi connectivity index (χ3n) is 5.02. The molecule has 130 valence electrons. The summed E-state index contributed by atoms with van der Waals surface area (Å²) in [6.45, 7) is 9.89. The molecule has 0 amide bonds. The first-order valence-electron chi connectivity index (χ1n) is 8.80. The summed E-state index contributed by atoms with van der Waals surface area (Å²) in [5, 5.41) is 17.2. The Morgan fingerprint density at radius 2 is 2.04 bits per heavy atom. The van der Waals surface area contributed by atoms with Gasteiger partial charge in [0.1, 0.15) is 0 Å². The van der Waals surface area contributed by atoms with Gasteiger partial charge in [0.25, 0.3) is 0 Å². The molecule has 1 unspecified atom stereocenters. The van der Waals surface area contributed by atoms with Crippen LogP contribution in [0, 0.1) is 13.8 Å². The number of aliphatic hydroxyl groups excluding tert-OH is 1. The predicted octanol–water partition coefficient (Wildman–Crippen LogP) is 2.03. The van der Waals surface area contributed by atoms with Gasteiger partial charge in [-0.1, -0.05) is 18.2 Å². The summed E-state index contributed by atoms with van der Waals surface area (Å²) < 4.78 is 1.89. The van der Waals surface area contributed by atoms with Crippen LogP contribution < -0.4 is 10.2 Å². The van der Waals surface area contributed by atoms with E-state index < -0.39 is 0 Å². The lowest BCUT2D eigenvalue weighted by molar-refractivity contribution is 0.267. The van der Waals surface area contributed by atoms with E-state index in [-0.39, 0.29) is 6.61 Å². The lowest BCUT2D eigenvalue weighted by Crippen LogP contribution is -2.35. The number of aliphatic hydroxyl groups is 1. The number of fused-ring (bicyclic) bond motifs is 1. The summed E-state index contributed by atoms with van der Waals surface area (Å²) in [6, 6.07) is 9.29. The van der Waals surface area contributed by atoms with Crippen molar-refractivity contribution in [3.8, 4) is 0 Å². The van der Waals surface area contributed by atoms with Gasteiger partial charge in [-0.15, -0.1) is 0 Å². The molecular weight excluding hydrogens is 300 g/mol. The maximum atomic E-state index is 9.10. The van der Waals surface area contributed by atoms with Crippen LogP contribution in [-0.2, 0) is 19.5 Å². The van der Waals surface area contributed by atoms with Gasteiger partial charge in [0.15, 0.2) is 0 Å². The Kier molecular flexibility index (Phi) is 5.21. The van der Waals surface area contributed by atoms with Crippen LogP contribution in [0.2, 0.25) is 0 Å². The van der Waals surface area contributed by atoms with Crippen LogP contribution in [0.1, 0.15) is 29.4 Å². The first kappa shape index (κ1) is 17.0. The molecule has 0 radical (unpaired) electrons. The highest BCUT2D eigenvalue weighted by atomic mass is 16.3. The van der Waals surface area contributed by atoms with E-state index in [0.717, 1.165) is 37.4 Å². The highest BCUT2D eigenvalue weighted by Crippen LogP contribution is 2.31. The Morgan fingerprint density at radius 1 is 1.25 bits per heavy atom. The monoisotopic (exact) mass is 328 g/mol. The Balaban J connectivity index is 1.55. The Morgan fingerprint density at radius 3 is 2.83 bits per heavy atom. The van der Waals surface area contributed by atoms with Crippen molar-refractivity contribution in [1.82, 2.24) is 15.1 Å². The minimum atomic E-state index is 0.126. The molecule has 3 rings (SSSR count). The molecule has 1 aromatic carbocycles. The van der Waals surface area contributed by atoms with Crippen LogP contribution in [-0.4, -0.2) is 40.6 Å². The Labute approximate surface area is 144 Å². The highest BCUT2D eigenvalue weighted by molar-refractivity contribution is 5.59. The fourth-order valence-corrected chi connectivity index (χ4v) is 3.69. The number of benzene rings is 1. The number of para-hydroxylation sites is 1. The van der Waals surface area contributed by atoms with E-state index >= 15 is 0 Å². The van der Waals surface area contributed by atoms with E-state index in [2.05, 4.69) is 53.4 Å². The van der Waals surface area contributed by atoms with Gasteiger partial charge in [-0.3, -0.25) is 4.68 Å². The molecule has 1 aliphatic rings. The van der Waals surface area contributed by atoms with Crippen molar-refractivity contribution >= 4 is 5.69 Å². The van der Waals surface area contributed by atoms with Crippen molar-refractivity contribution in [3.63, 3.8) is 0 Å². The van der Waals surface area contributed by atoms with Crippen LogP contribution in [0.4, 0.5) is 5.69 Å². The SMILES string of the molecule is Cc1nn(CCO)c(C)c1CNCCN1c2ccccc2CC1C. The third kappa shape index (κ3) is 3.32. The fraction of sp³-hybridized carbons (Fsp3) is 0.526. The summed E-state index contributed by atoms with van der Waals surface area (Å²) >= 11 is 0. The molecule has 1 aliphatic heterocycles. The second kappa shape index (κ2) is 7.36. The van der Waals surface area contributed by atoms with Gasteiger partial charge in [-0.05, 0) is 38.8 Å². The van der Waals surface area contributed by atoms with E-state index in [4.69, 9.17) is 5.11 Å². The number of aryl methyl sites for hydroxylation is 1. The Hall–Kier alpha value is -1.85. The van der Waals surface area contributed by atoms with Gasteiger partial charge in [0.05, 0.1) is 18.8 Å². The number of aromatic nitrogens is 2. The van der Waals surface area contributed by atoms with Gasteiger partial charge in [-0.2, -0.15) is 5.10 Å². The molecule has 1 aromatic heterocycles. The molecular formula is C19H28N4O. The molecule has 2 aromatic rings. The summed E-state index contributed by atoms with van der Waals surface area (Å²) in [5.74, 6) is 0. The van der Waals surface area contributed by atoms with E-state index in [1.165, 1.54) is 16.8 Å². The molecule has 5 heteroatoms. The van der Waals surface area contributed by atoms with Crippen molar-refractivity contribution in [2.75, 3.05) is 24.6 Å². The van der Waals surface area contributed by atoms with Crippen molar-refractivity contribution in [3.05, 3.63) is 46.8 Å². The number of anilines is 1. The molecule has 0 saturated carbocycles. The van der Waals surface area contributed by atoms with E-state index in [0.29, 0.717) is 12.6 Å². The number of nitrogens with zero attached hydrogens (tertiary/aromatic N) is 3. The molecule has 0 saturated heterocycles. The zero-order valence-electron chi connectivity index (χ0n) is 14.9. The van der Waals surface area contributed by atoms with Crippen molar-refractivity contribution < 1.29 is 5.11 Å². The summed E-state index contributed by atoms with van der Waals surface area (Å²) in [6.07, 6.45) is 1.14. The largest absolute Gasteiger partial charge is 0.394 e. The van der Waals surface area contributed by atoms with Gasteiger partial charge < -0.3 is 15.3 Å². The number of nitrogens with one attached hydrogen (secondary N) is 1. The summed E-state index contributed by atoms with van der Waals surface area (Å²) in [4.78, 5) is 2.50. The lowest BCUT2D eigenvalue weighted by atomic mass is 10.1. The van der Waals surface area contributed by atoms with Crippen molar-refractivity contribution in [2.45, 2.75) is 46.3 Å². The van der Waals surface area contributed by atoms with E-state index in [9.17, 15) is 0 Å². The van der Waals surface area contributed by atoms with Crippen LogP contribution in [0.5, 0.6) is 0 Å². The smallest absolute Gasteiger partial charge is 0.0644 e. The van der Waals surface area contributed by atoms with E-state index in [1.807, 2.05) is 11.6 Å². The standard InChI is InChI=1S/C19H28N4O/c1-14-12-17-6-4-5-7-19(17)22(14)9-8-20-13-18-15(2)21-23(10-11-24)16(18)3/h4-7,14,20,24H,8-13H2,1-3H3. The van der Waals surface area contributed by atoms with Crippen molar-refractivity contribution in [1.29, 1.82) is 0 Å². The highest BCUT2D eigenvalue weighted by Gasteiger charge is 2.24. The molecule has 1 atom stereocenters. The number of rotatable bonds is 7. The molecule has 0 fully saturated rings. The third-order valence-corrected chi connectivity index (χ3v) is 5.02. The maximum absolute atomic E-state index is 9.10. The van der Waals surface area contributed by atoms with Gasteiger partial charge >= 0.3 is 0 Å². The quantitative estimate of drug-likeness (QED) is 0.764. The van der Waals surface area contributed by atoms with Crippen LogP contribution in [0.15, 0.2) is 24.3 Å². The number of hydrogen-bond acceptors (Lipinski definition) is 4. The topological polar surface area (TPSA) is 53.3 Å². The van der Waals surface area contributed by atoms with Gasteiger partial charge in [0.2, 0.25) is 0 Å². The second-order valence-corrected chi connectivity index (χ2v) is 6.65. The normalized spacial score (nSPS) is 16.7. The zero-order chi connectivity index (χ0) is 17.1. The van der Waals surface area contributed by atoms with Crippen molar-refractivity contribution in [2.24, 2.45) is 0 Å². The molecule has 2 N–H and O–H groups in total. The Bertz CT molecular complexity index is 695. The molecule has 0 spiro atoms. The summed E-state index contributed by atoms with van der Waals surface area (Å²) in [5.41, 5.74) is 6.29. The van der Waals surface area contributed by atoms with E-state index in [1.54, 1.807) is 0 Å². The zero-order valence-corrected chi connectivity index (χ0v) is 14.9. The van der Waals surface area contributed by atoms with Crippen LogP contribution >= 0.6 is 0 Å². The van der Waals surface area contributed by atoms with Crippen LogP contribution in [0.3, 0.4) is 0 Å². The van der Waals surface area contributed by atoms with Gasteiger partial charge in [0, 0.05) is 42.6 Å². The molecule has 0 bridgehead atoms. The number of hydrogen-bond donors (Lipinski definition) is 2. The first-order valence-corrected chi connectivity index (χ1v) is 8.80. The lowest BCUT2D eigenvalue weighted by Gasteiger charge is -2.25. The maximum Gasteiger partial charge on any atom is 0.0644 e. The average Bonchev–Trinajstić information content (AvgIpc) is 3.02. The summed E-state index contributed by atoms with van der Waals surface area (Å²) in [7, 11) is 0. The molecule has 5 nitrogen and oxygen atoms in total. The fourth-order valence-electron chi connectivity index (χ4n) is 3.69. The molecule has 2 heterocycles. The molecule has 0 aliphatic carbocycles. The van der Waals surface area contributed by atoms with Gasteiger partial charge in [-0.25, -0.2) is 0 Å². The minimum absolute atomic E-state index is 0.126.